The van der Waals surface area contributed by atoms with E-state index in [2.05, 4.69) is 15.5 Å². The van der Waals surface area contributed by atoms with Crippen LogP contribution in [0.4, 0.5) is 21.9 Å². The maximum absolute atomic E-state index is 16.4. The van der Waals surface area contributed by atoms with Gasteiger partial charge < -0.3 is 34.9 Å². The van der Waals surface area contributed by atoms with Crippen molar-refractivity contribution in [1.29, 1.82) is 0 Å². The summed E-state index contributed by atoms with van der Waals surface area (Å²) in [6.45, 7) is 4.29. The van der Waals surface area contributed by atoms with Crippen LogP contribution < -0.4 is 25.2 Å². The molecule has 340 valence electrons. The van der Waals surface area contributed by atoms with Crippen LogP contribution in [-0.4, -0.2) is 79.4 Å². The number of aliphatic hydroxyl groups is 1. The Labute approximate surface area is 388 Å². The molecule has 3 fully saturated rings. The summed E-state index contributed by atoms with van der Waals surface area (Å²) in [6, 6.07) is 45.9. The van der Waals surface area contributed by atoms with Crippen LogP contribution in [0.3, 0.4) is 0 Å². The molecule has 1 spiro atoms. The molecule has 7 atom stereocenters. The molecule has 4 aliphatic heterocycles. The van der Waals surface area contributed by atoms with E-state index in [4.69, 9.17) is 14.2 Å². The van der Waals surface area contributed by atoms with Crippen molar-refractivity contribution in [2.75, 3.05) is 54.6 Å². The summed E-state index contributed by atoms with van der Waals surface area (Å²) in [6.07, 6.45) is -0.881. The molecule has 3 N–H and O–H groups in total. The molecule has 0 saturated carbocycles. The second kappa shape index (κ2) is 18.5. The number of para-hydroxylation sites is 1. The second-order valence-electron chi connectivity index (χ2n) is 17.3. The first-order valence-corrected chi connectivity index (χ1v) is 22.7. The smallest absolute Gasteiger partial charge is 0.329 e. The van der Waals surface area contributed by atoms with Gasteiger partial charge in [-0.3, -0.25) is 19.3 Å². The lowest BCUT2D eigenvalue weighted by Crippen LogP contribution is -2.55. The molecule has 6 aromatic carbocycles. The summed E-state index contributed by atoms with van der Waals surface area (Å²) in [5.74, 6) is -3.02. The van der Waals surface area contributed by atoms with Gasteiger partial charge in [0.1, 0.15) is 29.9 Å². The number of nitrogens with one attached hydrogen (secondary N) is 2. The van der Waals surface area contributed by atoms with E-state index < -0.39 is 65.4 Å². The summed E-state index contributed by atoms with van der Waals surface area (Å²) in [5.41, 5.74) is 3.08. The Morgan fingerprint density at radius 1 is 0.761 bits per heavy atom. The Hall–Kier alpha value is -7.32. The third kappa shape index (κ3) is 7.78. The number of fused-ring (bicyclic) bond motifs is 3. The van der Waals surface area contributed by atoms with Crippen molar-refractivity contribution >= 4 is 40.9 Å². The fraction of sp³-hybridized carbons (Fsp3) is 0.259. The van der Waals surface area contributed by atoms with E-state index in [1.54, 1.807) is 42.5 Å². The zero-order valence-electron chi connectivity index (χ0n) is 36.9. The SMILES string of the molecule is C[C@@H](NC(=O)N1C(=O)[C@@]2(c3ccccc31)[C@H](c1cccc(OCCO)c1)N1[C@H](c3ccccc3)[C@H](c3ccccc3)OC(=O)[C@H]1[C@@H]2C(=O)Nc1ccc(N2CCOCC2)cc1)c1ccccc1. The second-order valence-corrected chi connectivity index (χ2v) is 17.3. The molecule has 3 saturated heterocycles. The molecule has 0 unspecified atom stereocenters. The van der Waals surface area contributed by atoms with Crippen LogP contribution in [0.25, 0.3) is 0 Å². The molecule has 10 rings (SSSR count). The standard InChI is InChI=1S/C54H51N5O8/c1-35(36-14-5-2-6-15-36)55-53(64)58-44-23-12-11-22-43(44)54(52(58)63)45(50(61)56-40-24-26-41(27-25-40)57-28-31-65-32-29-57)47-51(62)67-48(38-18-9-4-10-19-38)46(37-16-7-3-8-17-37)59(47)49(54)39-20-13-21-42(34-39)66-33-30-60/h2-27,34-35,45-49,60H,28-33H2,1H3,(H,55,64)(H,56,61)/t35-,45-,46-,47-,48+,49+,54-/m1/s1. The maximum Gasteiger partial charge on any atom is 0.329 e. The first-order chi connectivity index (χ1) is 32.8. The quantitative estimate of drug-likeness (QED) is 0.111. The Balaban J connectivity index is 1.19. The molecule has 13 heteroatoms. The number of amides is 4. The first-order valence-electron chi connectivity index (χ1n) is 22.7. The van der Waals surface area contributed by atoms with E-state index >= 15 is 14.4 Å². The van der Waals surface area contributed by atoms with Crippen molar-refractivity contribution in [3.63, 3.8) is 0 Å². The number of nitrogens with zero attached hydrogens (tertiary/aromatic N) is 3. The topological polar surface area (TPSA) is 150 Å². The average molecular weight is 898 g/mol. The van der Waals surface area contributed by atoms with Crippen molar-refractivity contribution in [2.45, 2.75) is 42.6 Å². The van der Waals surface area contributed by atoms with Crippen LogP contribution in [0.2, 0.25) is 0 Å². The summed E-state index contributed by atoms with van der Waals surface area (Å²) < 4.78 is 18.2. The Bertz CT molecular complexity index is 2750. The van der Waals surface area contributed by atoms with Crippen LogP contribution in [-0.2, 0) is 29.3 Å². The first kappa shape index (κ1) is 43.6. The number of morpholine rings is 2. The van der Waals surface area contributed by atoms with E-state index in [9.17, 15) is 9.90 Å². The van der Waals surface area contributed by atoms with Crippen molar-refractivity contribution in [3.8, 4) is 5.75 Å². The number of aliphatic hydroxyl groups excluding tert-OH is 1. The van der Waals surface area contributed by atoms with Gasteiger partial charge in [-0.1, -0.05) is 121 Å². The monoisotopic (exact) mass is 897 g/mol. The molecule has 4 heterocycles. The van der Waals surface area contributed by atoms with Gasteiger partial charge in [-0.15, -0.1) is 0 Å². The number of esters is 1. The summed E-state index contributed by atoms with van der Waals surface area (Å²) in [4.78, 5) is 67.9. The normalized spacial score (nSPS) is 23.8. The number of ether oxygens (including phenoxy) is 3. The van der Waals surface area contributed by atoms with Gasteiger partial charge in [-0.2, -0.15) is 0 Å². The Morgan fingerprint density at radius 2 is 1.40 bits per heavy atom. The van der Waals surface area contributed by atoms with Gasteiger partial charge >= 0.3 is 12.0 Å². The lowest BCUT2D eigenvalue weighted by molar-refractivity contribution is -0.177. The van der Waals surface area contributed by atoms with Crippen molar-refractivity contribution in [3.05, 3.63) is 192 Å². The zero-order chi connectivity index (χ0) is 46.1. The highest BCUT2D eigenvalue weighted by atomic mass is 16.6. The molecular weight excluding hydrogens is 847 g/mol. The maximum atomic E-state index is 16.4. The molecule has 0 aromatic heterocycles. The van der Waals surface area contributed by atoms with Gasteiger partial charge in [-0.05, 0) is 77.2 Å². The lowest BCUT2D eigenvalue weighted by Gasteiger charge is -2.46. The Kier molecular flexibility index (Phi) is 12.0. The third-order valence-corrected chi connectivity index (χ3v) is 13.5. The van der Waals surface area contributed by atoms with E-state index in [0.717, 1.165) is 40.4 Å². The Morgan fingerprint density at radius 3 is 2.10 bits per heavy atom. The molecule has 0 bridgehead atoms. The predicted octanol–water partition coefficient (Wildman–Crippen LogP) is 7.67. The molecule has 4 amide bonds. The third-order valence-electron chi connectivity index (χ3n) is 13.5. The van der Waals surface area contributed by atoms with Crippen LogP contribution in [0.5, 0.6) is 5.75 Å². The molecule has 4 aliphatic rings. The van der Waals surface area contributed by atoms with Crippen molar-refractivity contribution in [1.82, 2.24) is 10.2 Å². The highest BCUT2D eigenvalue weighted by molar-refractivity contribution is 6.25. The number of hydrogen-bond donors (Lipinski definition) is 3. The molecule has 0 radical (unpaired) electrons. The minimum Gasteiger partial charge on any atom is -0.491 e. The largest absolute Gasteiger partial charge is 0.491 e. The summed E-state index contributed by atoms with van der Waals surface area (Å²) >= 11 is 0. The molecule has 6 aromatic rings. The van der Waals surface area contributed by atoms with E-state index in [1.807, 2.05) is 133 Å². The fourth-order valence-electron chi connectivity index (χ4n) is 10.7. The van der Waals surface area contributed by atoms with Gasteiger partial charge in [0.25, 0.3) is 0 Å². The predicted molar refractivity (Wildman–Crippen MR) is 252 cm³/mol. The highest BCUT2D eigenvalue weighted by Crippen LogP contribution is 2.66. The van der Waals surface area contributed by atoms with Gasteiger partial charge in [0.05, 0.1) is 49.6 Å². The number of benzene rings is 6. The van der Waals surface area contributed by atoms with Crippen LogP contribution in [0.1, 0.15) is 59.0 Å². The van der Waals surface area contributed by atoms with Gasteiger partial charge in [-0.25, -0.2) is 9.69 Å². The molecule has 0 aliphatic carbocycles. The van der Waals surface area contributed by atoms with Gasteiger partial charge in [0, 0.05) is 24.5 Å². The molecule has 13 nitrogen and oxygen atoms in total. The van der Waals surface area contributed by atoms with Crippen LogP contribution >= 0.6 is 0 Å². The number of urea groups is 1. The van der Waals surface area contributed by atoms with Crippen molar-refractivity contribution < 1.29 is 38.5 Å². The molecule has 67 heavy (non-hydrogen) atoms. The van der Waals surface area contributed by atoms with Crippen LogP contribution in [0.15, 0.2) is 164 Å². The number of hydrogen-bond acceptors (Lipinski definition) is 10. The average Bonchev–Trinajstić information content (AvgIpc) is 3.83. The van der Waals surface area contributed by atoms with Crippen molar-refractivity contribution in [2.24, 2.45) is 5.92 Å². The van der Waals surface area contributed by atoms with Gasteiger partial charge in [0.2, 0.25) is 11.8 Å². The number of carbonyl (C=O) groups is 4. The number of rotatable bonds is 11. The lowest BCUT2D eigenvalue weighted by atomic mass is 9.65. The minimum absolute atomic E-state index is 0.00528. The number of anilines is 3. The van der Waals surface area contributed by atoms with Crippen LogP contribution in [0, 0.1) is 5.92 Å². The summed E-state index contributed by atoms with van der Waals surface area (Å²) in [7, 11) is 0. The summed E-state index contributed by atoms with van der Waals surface area (Å²) in [5, 5.41) is 16.0. The van der Waals surface area contributed by atoms with E-state index in [-0.39, 0.29) is 13.2 Å². The van der Waals surface area contributed by atoms with Gasteiger partial charge in [0.15, 0.2) is 0 Å². The number of imide groups is 1. The minimum atomic E-state index is -1.93. The molecular formula is C54H51N5O8. The zero-order valence-corrected chi connectivity index (χ0v) is 36.9. The van der Waals surface area contributed by atoms with E-state index in [1.165, 1.54) is 0 Å². The fourth-order valence-corrected chi connectivity index (χ4v) is 10.7. The number of cyclic esters (lactones) is 1. The highest BCUT2D eigenvalue weighted by Gasteiger charge is 2.75. The number of carbonyl (C=O) groups excluding carboxylic acids is 4. The van der Waals surface area contributed by atoms with E-state index in [0.29, 0.717) is 41.5 Å².